The zero-order valence-corrected chi connectivity index (χ0v) is 15.9. The molecule has 0 amide bonds. The zero-order chi connectivity index (χ0) is 15.2. The van der Waals surface area contributed by atoms with Gasteiger partial charge in [-0.3, -0.25) is 0 Å². The van der Waals surface area contributed by atoms with Crippen LogP contribution in [0.15, 0.2) is 24.5 Å². The molecule has 1 heterocycles. The molecular formula is C19H34BrNO. The summed E-state index contributed by atoms with van der Waals surface area (Å²) in [5.41, 5.74) is 1.43. The van der Waals surface area contributed by atoms with Crippen LogP contribution in [0.2, 0.25) is 0 Å². The quantitative estimate of drug-likeness (QED) is 0.411. The highest BCUT2D eigenvalue weighted by Gasteiger charge is 2.01. The van der Waals surface area contributed by atoms with Crippen LogP contribution in [0, 0.1) is 0 Å². The van der Waals surface area contributed by atoms with E-state index in [0.717, 1.165) is 19.4 Å². The van der Waals surface area contributed by atoms with E-state index in [9.17, 15) is 0 Å². The largest absolute Gasteiger partial charge is 1.00 e. The van der Waals surface area contributed by atoms with Crippen molar-refractivity contribution in [3.05, 3.63) is 30.1 Å². The number of rotatable bonds is 13. The van der Waals surface area contributed by atoms with Gasteiger partial charge in [0.2, 0.25) is 0 Å². The van der Waals surface area contributed by atoms with Gasteiger partial charge in [-0.05, 0) is 25.3 Å². The molecule has 0 atom stereocenters. The van der Waals surface area contributed by atoms with E-state index < -0.39 is 0 Å². The standard InChI is InChI=1S/C19H34NO.BrH/c1-2-19-14-13-16-20(18-19)15-11-9-7-5-3-4-6-8-10-12-17-21;/h13-14,16,18,21H,2-12,15,17H2,1H3;1H/q+1;/p-1. The number of hydrogen-bond acceptors (Lipinski definition) is 1. The van der Waals surface area contributed by atoms with Crippen molar-refractivity contribution in [1.29, 1.82) is 0 Å². The van der Waals surface area contributed by atoms with Gasteiger partial charge in [0, 0.05) is 24.7 Å². The number of aliphatic hydroxyl groups is 1. The predicted octanol–water partition coefficient (Wildman–Crippen LogP) is 1.43. The normalized spacial score (nSPS) is 10.5. The van der Waals surface area contributed by atoms with Crippen LogP contribution in [-0.2, 0) is 13.0 Å². The Morgan fingerprint density at radius 3 is 1.95 bits per heavy atom. The third-order valence-electron chi connectivity index (χ3n) is 4.15. The molecule has 0 saturated heterocycles. The van der Waals surface area contributed by atoms with E-state index in [0.29, 0.717) is 6.61 Å². The summed E-state index contributed by atoms with van der Waals surface area (Å²) >= 11 is 0. The molecule has 1 aromatic rings. The second kappa shape index (κ2) is 15.5. The van der Waals surface area contributed by atoms with Gasteiger partial charge in [0.15, 0.2) is 12.4 Å². The summed E-state index contributed by atoms with van der Waals surface area (Å²) in [7, 11) is 0. The van der Waals surface area contributed by atoms with E-state index in [4.69, 9.17) is 5.11 Å². The SMILES string of the molecule is CCc1ccc[n+](CCCCCCCCCCCCO)c1.[Br-]. The minimum atomic E-state index is 0. The third-order valence-corrected chi connectivity index (χ3v) is 4.15. The molecule has 0 radical (unpaired) electrons. The third kappa shape index (κ3) is 11.2. The molecule has 0 fully saturated rings. The summed E-state index contributed by atoms with van der Waals surface area (Å²) in [5.74, 6) is 0. The number of aliphatic hydroxyl groups excluding tert-OH is 1. The lowest BCUT2D eigenvalue weighted by atomic mass is 10.1. The van der Waals surface area contributed by atoms with Gasteiger partial charge in [-0.15, -0.1) is 0 Å². The van der Waals surface area contributed by atoms with Crippen molar-refractivity contribution < 1.29 is 26.7 Å². The van der Waals surface area contributed by atoms with E-state index in [1.807, 2.05) is 0 Å². The van der Waals surface area contributed by atoms with Gasteiger partial charge < -0.3 is 22.1 Å². The Hall–Kier alpha value is -0.410. The summed E-state index contributed by atoms with van der Waals surface area (Å²) in [5, 5.41) is 8.70. The summed E-state index contributed by atoms with van der Waals surface area (Å²) < 4.78 is 2.33. The molecule has 3 heteroatoms. The fourth-order valence-electron chi connectivity index (χ4n) is 2.74. The van der Waals surface area contributed by atoms with E-state index in [1.54, 1.807) is 0 Å². The van der Waals surface area contributed by atoms with Crippen molar-refractivity contribution in [3.8, 4) is 0 Å². The van der Waals surface area contributed by atoms with Gasteiger partial charge in [0.1, 0.15) is 6.54 Å². The predicted molar refractivity (Wildman–Crippen MR) is 89.3 cm³/mol. The maximum absolute atomic E-state index is 8.70. The van der Waals surface area contributed by atoms with E-state index in [2.05, 4.69) is 36.0 Å². The molecule has 0 spiro atoms. The van der Waals surface area contributed by atoms with Gasteiger partial charge >= 0.3 is 0 Å². The van der Waals surface area contributed by atoms with Crippen LogP contribution in [0.1, 0.15) is 76.7 Å². The molecule has 0 unspecified atom stereocenters. The molecule has 0 bridgehead atoms. The molecule has 0 aliphatic rings. The minimum Gasteiger partial charge on any atom is -1.00 e. The van der Waals surface area contributed by atoms with Crippen LogP contribution in [0.3, 0.4) is 0 Å². The molecular weight excluding hydrogens is 338 g/mol. The molecule has 1 aromatic heterocycles. The highest BCUT2D eigenvalue weighted by molar-refractivity contribution is 5.04. The smallest absolute Gasteiger partial charge is 0.171 e. The highest BCUT2D eigenvalue weighted by atomic mass is 79.9. The summed E-state index contributed by atoms with van der Waals surface area (Å²) in [4.78, 5) is 0. The van der Waals surface area contributed by atoms with Crippen LogP contribution in [0.25, 0.3) is 0 Å². The highest BCUT2D eigenvalue weighted by Crippen LogP contribution is 2.10. The lowest BCUT2D eigenvalue weighted by Crippen LogP contribution is -3.00. The number of aromatic nitrogens is 1. The van der Waals surface area contributed by atoms with Gasteiger partial charge in [0.25, 0.3) is 0 Å². The van der Waals surface area contributed by atoms with Crippen LogP contribution in [0.5, 0.6) is 0 Å². The van der Waals surface area contributed by atoms with E-state index >= 15 is 0 Å². The molecule has 2 nitrogen and oxygen atoms in total. The number of aryl methyl sites for hydroxylation is 2. The first-order valence-electron chi connectivity index (χ1n) is 8.95. The van der Waals surface area contributed by atoms with Gasteiger partial charge in [-0.25, -0.2) is 4.57 Å². The van der Waals surface area contributed by atoms with Gasteiger partial charge in [0.05, 0.1) is 0 Å². The Morgan fingerprint density at radius 2 is 1.41 bits per heavy atom. The molecule has 0 aliphatic heterocycles. The average molecular weight is 372 g/mol. The first-order valence-corrected chi connectivity index (χ1v) is 8.95. The molecule has 1 N–H and O–H groups in total. The molecule has 128 valence electrons. The Kier molecular flexibility index (Phi) is 15.2. The number of unbranched alkanes of at least 4 members (excludes halogenated alkanes) is 9. The topological polar surface area (TPSA) is 24.1 Å². The second-order valence-corrected chi connectivity index (χ2v) is 6.06. The van der Waals surface area contributed by atoms with Crippen LogP contribution in [0.4, 0.5) is 0 Å². The van der Waals surface area contributed by atoms with Crippen molar-refractivity contribution >= 4 is 0 Å². The van der Waals surface area contributed by atoms with Crippen molar-refractivity contribution in [2.45, 2.75) is 84.1 Å². The van der Waals surface area contributed by atoms with E-state index in [-0.39, 0.29) is 17.0 Å². The van der Waals surface area contributed by atoms with Crippen molar-refractivity contribution in [1.82, 2.24) is 0 Å². The molecule has 22 heavy (non-hydrogen) atoms. The Labute approximate surface area is 147 Å². The van der Waals surface area contributed by atoms with Gasteiger partial charge in [-0.2, -0.15) is 0 Å². The monoisotopic (exact) mass is 371 g/mol. The summed E-state index contributed by atoms with van der Waals surface area (Å²) in [6, 6.07) is 4.37. The van der Waals surface area contributed by atoms with Crippen LogP contribution >= 0.6 is 0 Å². The Bertz CT molecular complexity index is 357. The number of hydrogen-bond donors (Lipinski definition) is 1. The summed E-state index contributed by atoms with van der Waals surface area (Å²) in [6.45, 7) is 3.73. The van der Waals surface area contributed by atoms with Crippen LogP contribution < -0.4 is 21.5 Å². The Balaban J connectivity index is 0.00000441. The fraction of sp³-hybridized carbons (Fsp3) is 0.737. The maximum atomic E-state index is 8.70. The first-order chi connectivity index (χ1) is 10.4. The van der Waals surface area contributed by atoms with Gasteiger partial charge in [-0.1, -0.05) is 51.9 Å². The molecule has 0 saturated carbocycles. The Morgan fingerprint density at radius 1 is 0.864 bits per heavy atom. The fourth-order valence-corrected chi connectivity index (χ4v) is 2.74. The number of nitrogens with zero attached hydrogens (tertiary/aromatic N) is 1. The average Bonchev–Trinajstić information content (AvgIpc) is 2.53. The molecule has 0 aromatic carbocycles. The van der Waals surface area contributed by atoms with Crippen molar-refractivity contribution in [3.63, 3.8) is 0 Å². The number of pyridine rings is 1. The summed E-state index contributed by atoms with van der Waals surface area (Å²) in [6.07, 6.45) is 18.6. The molecule has 1 rings (SSSR count). The van der Waals surface area contributed by atoms with Crippen molar-refractivity contribution in [2.24, 2.45) is 0 Å². The molecule has 0 aliphatic carbocycles. The number of halogens is 1. The second-order valence-electron chi connectivity index (χ2n) is 6.06. The van der Waals surface area contributed by atoms with Crippen molar-refractivity contribution in [2.75, 3.05) is 6.61 Å². The lowest BCUT2D eigenvalue weighted by molar-refractivity contribution is -0.697. The zero-order valence-electron chi connectivity index (χ0n) is 14.3. The lowest BCUT2D eigenvalue weighted by Gasteiger charge is -2.02. The van der Waals surface area contributed by atoms with E-state index in [1.165, 1.54) is 63.4 Å². The first kappa shape index (κ1) is 21.6. The minimum absolute atomic E-state index is 0. The van der Waals surface area contributed by atoms with Crippen LogP contribution in [-0.4, -0.2) is 11.7 Å². The maximum Gasteiger partial charge on any atom is 0.171 e.